The lowest BCUT2D eigenvalue weighted by atomic mass is 10.1. The van der Waals surface area contributed by atoms with Crippen molar-refractivity contribution in [1.29, 1.82) is 0 Å². The molecule has 0 heterocycles. The molecule has 4 heteroatoms. The summed E-state index contributed by atoms with van der Waals surface area (Å²) in [7, 11) is 0. The zero-order chi connectivity index (χ0) is 18.6. The first-order chi connectivity index (χ1) is 13.2. The van der Waals surface area contributed by atoms with Gasteiger partial charge in [-0.1, -0.05) is 54.6 Å². The van der Waals surface area contributed by atoms with Gasteiger partial charge in [0.05, 0.1) is 0 Å². The van der Waals surface area contributed by atoms with Crippen molar-refractivity contribution in [2.24, 2.45) is 0 Å². The number of phenols is 1. The first-order valence-corrected chi connectivity index (χ1v) is 8.54. The van der Waals surface area contributed by atoms with Gasteiger partial charge in [-0.2, -0.15) is 0 Å². The number of nitrogens with one attached hydrogen (secondary N) is 1. The van der Waals surface area contributed by atoms with E-state index >= 15 is 0 Å². The lowest BCUT2D eigenvalue weighted by molar-refractivity contribution is 0.215. The maximum Gasteiger partial charge on any atom is 0.417 e. The van der Waals surface area contributed by atoms with Gasteiger partial charge in [0.25, 0.3) is 0 Å². The fraction of sp³-hybridized carbons (Fsp3) is 0. The topological polar surface area (TPSA) is 58.6 Å². The highest BCUT2D eigenvalue weighted by molar-refractivity contribution is 5.88. The Hall–Kier alpha value is -3.79. The van der Waals surface area contributed by atoms with Gasteiger partial charge in [-0.15, -0.1) is 0 Å². The molecular weight excluding hydrogens is 338 g/mol. The highest BCUT2D eigenvalue weighted by Gasteiger charge is 2.06. The summed E-state index contributed by atoms with van der Waals surface area (Å²) < 4.78 is 5.38. The number of fused-ring (bicyclic) bond motifs is 1. The van der Waals surface area contributed by atoms with Crippen molar-refractivity contribution in [3.8, 4) is 22.6 Å². The van der Waals surface area contributed by atoms with E-state index in [0.29, 0.717) is 11.4 Å². The minimum Gasteiger partial charge on any atom is -0.508 e. The predicted molar refractivity (Wildman–Crippen MR) is 107 cm³/mol. The Labute approximate surface area is 156 Å². The first-order valence-electron chi connectivity index (χ1n) is 8.54. The zero-order valence-electron chi connectivity index (χ0n) is 14.4. The smallest absolute Gasteiger partial charge is 0.417 e. The SMILES string of the molecule is O=C(Nc1ccc(-c2ccc(O)cc2)cc1)Oc1ccc2ccccc2c1. The lowest BCUT2D eigenvalue weighted by Crippen LogP contribution is -2.16. The highest BCUT2D eigenvalue weighted by Crippen LogP contribution is 2.24. The molecule has 27 heavy (non-hydrogen) atoms. The number of hydrogen-bond donors (Lipinski definition) is 2. The Balaban J connectivity index is 1.43. The molecule has 4 nitrogen and oxygen atoms in total. The summed E-state index contributed by atoms with van der Waals surface area (Å²) >= 11 is 0. The summed E-state index contributed by atoms with van der Waals surface area (Å²) in [6.07, 6.45) is -0.539. The fourth-order valence-electron chi connectivity index (χ4n) is 2.88. The van der Waals surface area contributed by atoms with Crippen molar-refractivity contribution in [2.45, 2.75) is 0 Å². The van der Waals surface area contributed by atoms with E-state index in [9.17, 15) is 9.90 Å². The normalized spacial score (nSPS) is 10.5. The molecule has 1 amide bonds. The molecule has 4 rings (SSSR count). The number of amides is 1. The van der Waals surface area contributed by atoms with E-state index in [1.807, 2.05) is 72.8 Å². The van der Waals surface area contributed by atoms with Crippen LogP contribution in [0, 0.1) is 0 Å². The van der Waals surface area contributed by atoms with Crippen molar-refractivity contribution in [1.82, 2.24) is 0 Å². The van der Waals surface area contributed by atoms with Crippen LogP contribution in [-0.4, -0.2) is 11.2 Å². The van der Waals surface area contributed by atoms with Gasteiger partial charge in [-0.05, 0) is 58.3 Å². The summed E-state index contributed by atoms with van der Waals surface area (Å²) in [6, 6.07) is 27.8. The molecule has 0 saturated carbocycles. The third kappa shape index (κ3) is 3.90. The molecule has 4 aromatic carbocycles. The molecule has 0 aliphatic rings. The van der Waals surface area contributed by atoms with Crippen LogP contribution in [0.15, 0.2) is 91.0 Å². The monoisotopic (exact) mass is 355 g/mol. The van der Waals surface area contributed by atoms with Crippen LogP contribution in [0.5, 0.6) is 11.5 Å². The zero-order valence-corrected chi connectivity index (χ0v) is 14.4. The number of ether oxygens (including phenoxy) is 1. The minimum atomic E-state index is -0.539. The van der Waals surface area contributed by atoms with Gasteiger partial charge in [-0.3, -0.25) is 5.32 Å². The van der Waals surface area contributed by atoms with Gasteiger partial charge in [0.2, 0.25) is 0 Å². The quantitative estimate of drug-likeness (QED) is 0.486. The van der Waals surface area contributed by atoms with Gasteiger partial charge in [0.15, 0.2) is 0 Å². The number of phenolic OH excluding ortho intramolecular Hbond substituents is 1. The lowest BCUT2D eigenvalue weighted by Gasteiger charge is -2.08. The van der Waals surface area contributed by atoms with E-state index in [2.05, 4.69) is 5.32 Å². The molecule has 0 radical (unpaired) electrons. The fourth-order valence-corrected chi connectivity index (χ4v) is 2.88. The second-order valence-corrected chi connectivity index (χ2v) is 6.15. The maximum atomic E-state index is 12.1. The van der Waals surface area contributed by atoms with Crippen molar-refractivity contribution < 1.29 is 14.6 Å². The molecule has 4 aromatic rings. The summed E-state index contributed by atoms with van der Waals surface area (Å²) in [5, 5.41) is 14.2. The van der Waals surface area contributed by atoms with Crippen LogP contribution in [0.3, 0.4) is 0 Å². The van der Waals surface area contributed by atoms with Crippen LogP contribution in [0.4, 0.5) is 10.5 Å². The number of anilines is 1. The van der Waals surface area contributed by atoms with E-state index in [1.165, 1.54) is 0 Å². The van der Waals surface area contributed by atoms with Gasteiger partial charge in [0.1, 0.15) is 11.5 Å². The van der Waals surface area contributed by atoms with Crippen molar-refractivity contribution >= 4 is 22.6 Å². The summed E-state index contributed by atoms with van der Waals surface area (Å²) in [4.78, 5) is 12.1. The van der Waals surface area contributed by atoms with E-state index in [4.69, 9.17) is 4.74 Å². The van der Waals surface area contributed by atoms with E-state index < -0.39 is 6.09 Å². The largest absolute Gasteiger partial charge is 0.508 e. The molecule has 0 bridgehead atoms. The molecule has 0 saturated heterocycles. The third-order valence-corrected chi connectivity index (χ3v) is 4.26. The number of benzene rings is 4. The van der Waals surface area contributed by atoms with Crippen molar-refractivity contribution in [2.75, 3.05) is 5.32 Å². The summed E-state index contributed by atoms with van der Waals surface area (Å²) in [5.74, 6) is 0.723. The molecule has 0 aliphatic heterocycles. The van der Waals surface area contributed by atoms with Crippen molar-refractivity contribution in [3.05, 3.63) is 91.0 Å². The number of hydrogen-bond acceptors (Lipinski definition) is 3. The van der Waals surface area contributed by atoms with Crippen LogP contribution in [-0.2, 0) is 0 Å². The predicted octanol–water partition coefficient (Wildman–Crippen LogP) is 5.82. The summed E-state index contributed by atoms with van der Waals surface area (Å²) in [6.45, 7) is 0. The Morgan fingerprint density at radius 2 is 1.37 bits per heavy atom. The number of carbonyl (C=O) groups excluding carboxylic acids is 1. The summed E-state index contributed by atoms with van der Waals surface area (Å²) in [5.41, 5.74) is 2.62. The molecule has 0 aromatic heterocycles. The van der Waals surface area contributed by atoms with Crippen LogP contribution < -0.4 is 10.1 Å². The Kier molecular flexibility index (Phi) is 4.45. The van der Waals surface area contributed by atoms with Gasteiger partial charge >= 0.3 is 6.09 Å². The minimum absolute atomic E-state index is 0.230. The van der Waals surface area contributed by atoms with Gasteiger partial charge in [0, 0.05) is 5.69 Å². The van der Waals surface area contributed by atoms with E-state index in [0.717, 1.165) is 21.9 Å². The van der Waals surface area contributed by atoms with E-state index in [1.54, 1.807) is 18.2 Å². The van der Waals surface area contributed by atoms with Gasteiger partial charge < -0.3 is 9.84 Å². The molecule has 0 aliphatic carbocycles. The molecule has 2 N–H and O–H groups in total. The standard InChI is InChI=1S/C23H17NO3/c25-21-12-7-18(8-13-21)17-5-10-20(11-6-17)24-23(26)27-22-14-9-16-3-1-2-4-19(16)15-22/h1-15,25H,(H,24,26). The average molecular weight is 355 g/mol. The van der Waals surface area contributed by atoms with Crippen LogP contribution in [0.2, 0.25) is 0 Å². The Morgan fingerprint density at radius 1 is 0.741 bits per heavy atom. The van der Waals surface area contributed by atoms with Crippen molar-refractivity contribution in [3.63, 3.8) is 0 Å². The second kappa shape index (κ2) is 7.22. The Morgan fingerprint density at radius 3 is 2.07 bits per heavy atom. The third-order valence-electron chi connectivity index (χ3n) is 4.26. The number of rotatable bonds is 3. The molecule has 0 unspecified atom stereocenters. The van der Waals surface area contributed by atoms with Gasteiger partial charge in [-0.25, -0.2) is 4.79 Å². The first kappa shape index (κ1) is 16.7. The molecule has 0 spiro atoms. The van der Waals surface area contributed by atoms with Crippen LogP contribution >= 0.6 is 0 Å². The van der Waals surface area contributed by atoms with E-state index in [-0.39, 0.29) is 5.75 Å². The molecule has 0 atom stereocenters. The number of carbonyl (C=O) groups is 1. The maximum absolute atomic E-state index is 12.1. The molecule has 0 fully saturated rings. The second-order valence-electron chi connectivity index (χ2n) is 6.15. The van der Waals surface area contributed by atoms with Crippen LogP contribution in [0.25, 0.3) is 21.9 Å². The average Bonchev–Trinajstić information content (AvgIpc) is 2.69. The highest BCUT2D eigenvalue weighted by atomic mass is 16.6. The molecule has 132 valence electrons. The number of aromatic hydroxyl groups is 1. The molecular formula is C23H17NO3. The van der Waals surface area contributed by atoms with Crippen LogP contribution in [0.1, 0.15) is 0 Å². The Bertz CT molecular complexity index is 1090.